The Morgan fingerprint density at radius 1 is 1.40 bits per heavy atom. The second kappa shape index (κ2) is 6.34. The summed E-state index contributed by atoms with van der Waals surface area (Å²) in [7, 11) is 0. The zero-order valence-corrected chi connectivity index (χ0v) is 5.09. The molecule has 62 valence electrons. The normalized spacial score (nSPS) is 11.8. The zero-order chi connectivity index (χ0) is 8.73. The van der Waals surface area contributed by atoms with E-state index in [0.717, 1.165) is 6.92 Å². The first-order valence-corrected chi connectivity index (χ1v) is 2.17. The van der Waals surface area contributed by atoms with Gasteiger partial charge in [-0.15, -0.1) is 0 Å². The molecule has 0 aromatic rings. The fraction of sp³-hybridized carbons (Fsp3) is 0.750. The van der Waals surface area contributed by atoms with Crippen molar-refractivity contribution in [2.24, 2.45) is 0 Å². The average molecular weight is 160 g/mol. The summed E-state index contributed by atoms with van der Waals surface area (Å²) in [6.07, 6.45) is -6.24. The van der Waals surface area contributed by atoms with Crippen LogP contribution in [0.25, 0.3) is 0 Å². The molecule has 0 aromatic carbocycles. The number of alkyl halides is 3. The van der Waals surface area contributed by atoms with E-state index in [4.69, 9.17) is 15.0 Å². The number of carboxylic acid groups (broad SMARTS) is 1. The van der Waals surface area contributed by atoms with Gasteiger partial charge in [-0.25, -0.2) is 13.2 Å². The Morgan fingerprint density at radius 3 is 1.50 bits per heavy atom. The van der Waals surface area contributed by atoms with Crippen LogP contribution >= 0.6 is 0 Å². The van der Waals surface area contributed by atoms with Crippen LogP contribution in [0.5, 0.6) is 0 Å². The first kappa shape index (κ1) is 12.0. The van der Waals surface area contributed by atoms with Gasteiger partial charge in [0, 0.05) is 6.92 Å². The van der Waals surface area contributed by atoms with Gasteiger partial charge in [0.25, 0.3) is 18.8 Å². The first-order valence-electron chi connectivity index (χ1n) is 2.17. The summed E-state index contributed by atoms with van der Waals surface area (Å²) in [5.41, 5.74) is 0. The molecule has 0 bridgehead atoms. The van der Waals surface area contributed by atoms with Crippen molar-refractivity contribution >= 4 is 5.97 Å². The number of rotatable bonds is 1. The van der Waals surface area contributed by atoms with Gasteiger partial charge in [0.1, 0.15) is 0 Å². The molecule has 1 atom stereocenters. The third-order valence-electron chi connectivity index (χ3n) is 0.208. The standard InChI is InChI=1S/C2H3F3O.C2H4O2/c3-1(4)2(5)6;1-2(3)4/h1-2,6H;1H3,(H,3,4). The average Bonchev–Trinajstić information content (AvgIpc) is 1.63. The number of aliphatic hydroxyl groups excluding tert-OH is 1. The van der Waals surface area contributed by atoms with E-state index < -0.39 is 18.8 Å². The molecule has 6 heteroatoms. The Morgan fingerprint density at radius 2 is 1.50 bits per heavy atom. The smallest absolute Gasteiger partial charge is 0.300 e. The second-order valence-corrected chi connectivity index (χ2v) is 1.23. The summed E-state index contributed by atoms with van der Waals surface area (Å²) in [6.45, 7) is 1.08. The summed E-state index contributed by atoms with van der Waals surface area (Å²) in [5.74, 6) is -0.833. The van der Waals surface area contributed by atoms with Crippen LogP contribution in [0.1, 0.15) is 6.92 Å². The van der Waals surface area contributed by atoms with Gasteiger partial charge in [-0.3, -0.25) is 4.79 Å². The van der Waals surface area contributed by atoms with Gasteiger partial charge in [0.2, 0.25) is 0 Å². The molecule has 0 fully saturated rings. The maximum Gasteiger partial charge on any atom is 0.300 e. The van der Waals surface area contributed by atoms with E-state index in [9.17, 15) is 13.2 Å². The number of hydrogen-bond donors (Lipinski definition) is 2. The molecule has 0 aromatic heterocycles. The van der Waals surface area contributed by atoms with Gasteiger partial charge < -0.3 is 10.2 Å². The number of aliphatic carboxylic acids is 1. The highest BCUT2D eigenvalue weighted by molar-refractivity contribution is 5.62. The van der Waals surface area contributed by atoms with Crippen LogP contribution in [0.4, 0.5) is 13.2 Å². The van der Waals surface area contributed by atoms with Gasteiger partial charge in [0.15, 0.2) is 0 Å². The molecule has 0 aliphatic rings. The van der Waals surface area contributed by atoms with Crippen molar-refractivity contribution in [1.82, 2.24) is 0 Å². The van der Waals surface area contributed by atoms with Crippen molar-refractivity contribution in [3.05, 3.63) is 0 Å². The van der Waals surface area contributed by atoms with E-state index in [0.29, 0.717) is 0 Å². The van der Waals surface area contributed by atoms with Crippen LogP contribution in [-0.4, -0.2) is 29.0 Å². The molecule has 0 spiro atoms. The lowest BCUT2D eigenvalue weighted by molar-refractivity contribution is -0.134. The number of carbonyl (C=O) groups is 1. The van der Waals surface area contributed by atoms with Gasteiger partial charge >= 0.3 is 0 Å². The van der Waals surface area contributed by atoms with Gasteiger partial charge in [-0.05, 0) is 0 Å². The second-order valence-electron chi connectivity index (χ2n) is 1.23. The van der Waals surface area contributed by atoms with E-state index >= 15 is 0 Å². The highest BCUT2D eigenvalue weighted by Crippen LogP contribution is 1.98. The maximum absolute atomic E-state index is 10.6. The maximum atomic E-state index is 10.6. The van der Waals surface area contributed by atoms with Crippen LogP contribution < -0.4 is 0 Å². The van der Waals surface area contributed by atoms with Crippen molar-refractivity contribution < 1.29 is 28.2 Å². The third kappa shape index (κ3) is 26.9. The Hall–Kier alpha value is -0.780. The van der Waals surface area contributed by atoms with E-state index in [1.807, 2.05) is 0 Å². The third-order valence-corrected chi connectivity index (χ3v) is 0.208. The molecule has 2 N–H and O–H groups in total. The number of halogens is 3. The lowest BCUT2D eigenvalue weighted by atomic mass is 10.7. The predicted octanol–water partition coefficient (Wildman–Crippen LogP) is 0.630. The lowest BCUT2D eigenvalue weighted by Gasteiger charge is -1.92. The topological polar surface area (TPSA) is 57.5 Å². The van der Waals surface area contributed by atoms with Crippen molar-refractivity contribution in [2.75, 3.05) is 0 Å². The van der Waals surface area contributed by atoms with Crippen molar-refractivity contribution in [2.45, 2.75) is 19.7 Å². The lowest BCUT2D eigenvalue weighted by Crippen LogP contribution is -2.08. The molecule has 1 unspecified atom stereocenters. The summed E-state index contributed by atoms with van der Waals surface area (Å²) in [4.78, 5) is 9.00. The summed E-state index contributed by atoms with van der Waals surface area (Å²) < 4.78 is 31.7. The van der Waals surface area contributed by atoms with E-state index in [1.165, 1.54) is 0 Å². The van der Waals surface area contributed by atoms with Crippen molar-refractivity contribution in [3.63, 3.8) is 0 Å². The Kier molecular flexibility index (Phi) is 7.58. The van der Waals surface area contributed by atoms with Crippen molar-refractivity contribution in [3.8, 4) is 0 Å². The summed E-state index contributed by atoms with van der Waals surface area (Å²) in [6, 6.07) is 0. The predicted molar refractivity (Wildman–Crippen MR) is 26.4 cm³/mol. The molecule has 0 heterocycles. The molecule has 0 amide bonds. The molecular weight excluding hydrogens is 153 g/mol. The molecule has 0 saturated heterocycles. The molecule has 10 heavy (non-hydrogen) atoms. The van der Waals surface area contributed by atoms with Crippen LogP contribution in [0.15, 0.2) is 0 Å². The first-order chi connectivity index (χ1) is 4.37. The minimum atomic E-state index is -3.26. The van der Waals surface area contributed by atoms with E-state index in [1.54, 1.807) is 0 Å². The fourth-order valence-electron chi connectivity index (χ4n) is 0. The van der Waals surface area contributed by atoms with Gasteiger partial charge in [0.05, 0.1) is 0 Å². The largest absolute Gasteiger partial charge is 0.481 e. The molecule has 0 saturated carbocycles. The van der Waals surface area contributed by atoms with Crippen LogP contribution in [0, 0.1) is 0 Å². The minimum absolute atomic E-state index is 0.833. The van der Waals surface area contributed by atoms with Gasteiger partial charge in [-0.2, -0.15) is 0 Å². The molecule has 0 rings (SSSR count). The summed E-state index contributed by atoms with van der Waals surface area (Å²) >= 11 is 0. The van der Waals surface area contributed by atoms with Crippen LogP contribution in [-0.2, 0) is 4.79 Å². The van der Waals surface area contributed by atoms with Crippen LogP contribution in [0.2, 0.25) is 0 Å². The molecule has 3 nitrogen and oxygen atoms in total. The highest BCUT2D eigenvalue weighted by Gasteiger charge is 2.12. The quantitative estimate of drug-likeness (QED) is 0.591. The monoisotopic (exact) mass is 160 g/mol. The van der Waals surface area contributed by atoms with Gasteiger partial charge in [-0.1, -0.05) is 0 Å². The molecule has 0 radical (unpaired) electrons. The number of hydrogen-bond acceptors (Lipinski definition) is 2. The Balaban J connectivity index is 0. The van der Waals surface area contributed by atoms with E-state index in [-0.39, 0.29) is 0 Å². The number of carboxylic acids is 1. The van der Waals surface area contributed by atoms with Crippen molar-refractivity contribution in [1.29, 1.82) is 0 Å². The number of aliphatic hydroxyl groups is 1. The van der Waals surface area contributed by atoms with E-state index in [2.05, 4.69) is 0 Å². The molecule has 0 aliphatic heterocycles. The minimum Gasteiger partial charge on any atom is -0.481 e. The SMILES string of the molecule is CC(=O)O.OC(F)C(F)F. The zero-order valence-electron chi connectivity index (χ0n) is 5.09. The molecular formula is C4H7F3O3. The fourth-order valence-corrected chi connectivity index (χ4v) is 0. The van der Waals surface area contributed by atoms with Crippen LogP contribution in [0.3, 0.4) is 0 Å². The Bertz CT molecular complexity index is 83.7. The summed E-state index contributed by atoms with van der Waals surface area (Å²) in [5, 5.41) is 14.6. The highest BCUT2D eigenvalue weighted by atomic mass is 19.3. The molecule has 0 aliphatic carbocycles. The Labute approximate surface area is 55.1 Å².